The lowest BCUT2D eigenvalue weighted by atomic mass is 9.99. The van der Waals surface area contributed by atoms with E-state index >= 15 is 0 Å². The van der Waals surface area contributed by atoms with Crippen molar-refractivity contribution in [3.8, 4) is 0 Å². The minimum absolute atomic E-state index is 0.121. The average Bonchev–Trinajstić information content (AvgIpc) is 3.60. The Hall–Kier alpha value is -2.90. The number of allylic oxidation sites excluding steroid dienone is 11. The van der Waals surface area contributed by atoms with Crippen molar-refractivity contribution in [2.24, 2.45) is 0 Å². The van der Waals surface area contributed by atoms with Crippen molar-refractivity contribution in [1.82, 2.24) is 5.32 Å². The first-order valence-corrected chi connectivity index (χ1v) is 35.7. The molecular weight excluding hydrogens is 1060 g/mol. The lowest BCUT2D eigenvalue weighted by Crippen LogP contribution is -2.61. The molecule has 0 aliphatic carbocycles. The number of hydrogen-bond donors (Lipinski definition) is 6. The molecule has 11 heteroatoms. The van der Waals surface area contributed by atoms with Gasteiger partial charge in [-0.05, 0) is 96.3 Å². The Kier molecular flexibility index (Phi) is 57.8. The molecule has 8 unspecified atom stereocenters. The van der Waals surface area contributed by atoms with Crippen LogP contribution in [0.1, 0.15) is 323 Å². The number of aliphatic hydroxyl groups excluding tert-OH is 5. The summed E-state index contributed by atoms with van der Waals surface area (Å²) in [6, 6.07) is -1.04. The van der Waals surface area contributed by atoms with Gasteiger partial charge in [0, 0.05) is 6.42 Å². The fourth-order valence-corrected chi connectivity index (χ4v) is 10.9. The van der Waals surface area contributed by atoms with Crippen molar-refractivity contribution < 1.29 is 49.3 Å². The van der Waals surface area contributed by atoms with Gasteiger partial charge in [0.1, 0.15) is 24.4 Å². The van der Waals surface area contributed by atoms with Gasteiger partial charge in [-0.2, -0.15) is 0 Å². The molecule has 85 heavy (non-hydrogen) atoms. The van der Waals surface area contributed by atoms with E-state index in [1.54, 1.807) is 6.08 Å². The third-order valence-corrected chi connectivity index (χ3v) is 16.6. The molecule has 6 N–H and O–H groups in total. The molecule has 1 heterocycles. The molecule has 1 aliphatic rings. The molecular formula is C74H133NO10. The van der Waals surface area contributed by atoms with Crippen molar-refractivity contribution in [2.75, 3.05) is 13.2 Å². The van der Waals surface area contributed by atoms with Crippen LogP contribution < -0.4 is 5.32 Å². The Bertz CT molecular complexity index is 1660. The topological polar surface area (TPSA) is 175 Å². The lowest BCUT2D eigenvalue weighted by molar-refractivity contribution is -0.305. The smallest absolute Gasteiger partial charge is 0.306 e. The van der Waals surface area contributed by atoms with E-state index in [-0.39, 0.29) is 19.4 Å². The van der Waals surface area contributed by atoms with Gasteiger partial charge in [0.25, 0.3) is 0 Å². The Morgan fingerprint density at radius 2 is 0.812 bits per heavy atom. The Labute approximate surface area is 521 Å². The monoisotopic (exact) mass is 1200 g/mol. The molecule has 1 rings (SSSR count). The lowest BCUT2D eigenvalue weighted by Gasteiger charge is -2.41. The van der Waals surface area contributed by atoms with Crippen LogP contribution in [0.15, 0.2) is 72.9 Å². The van der Waals surface area contributed by atoms with Crippen molar-refractivity contribution in [2.45, 2.75) is 372 Å². The summed E-state index contributed by atoms with van der Waals surface area (Å²) in [6.07, 6.45) is 69.5. The van der Waals surface area contributed by atoms with Gasteiger partial charge in [0.15, 0.2) is 12.4 Å². The Morgan fingerprint density at radius 1 is 0.459 bits per heavy atom. The number of ether oxygens (including phenoxy) is 3. The molecule has 494 valence electrons. The predicted octanol–water partition coefficient (Wildman–Crippen LogP) is 18.3. The first-order chi connectivity index (χ1) is 41.7. The van der Waals surface area contributed by atoms with Gasteiger partial charge in [-0.3, -0.25) is 9.59 Å². The van der Waals surface area contributed by atoms with Gasteiger partial charge in [-0.25, -0.2) is 0 Å². The van der Waals surface area contributed by atoms with Crippen molar-refractivity contribution >= 4 is 11.9 Å². The van der Waals surface area contributed by atoms with Gasteiger partial charge in [-0.1, -0.05) is 293 Å². The maximum atomic E-state index is 13.5. The maximum absolute atomic E-state index is 13.5. The second kappa shape index (κ2) is 61.3. The Morgan fingerprint density at radius 3 is 1.25 bits per heavy atom. The first-order valence-electron chi connectivity index (χ1n) is 35.7. The molecule has 1 aliphatic heterocycles. The highest BCUT2D eigenvalue weighted by Crippen LogP contribution is 2.26. The molecule has 0 aromatic carbocycles. The summed E-state index contributed by atoms with van der Waals surface area (Å²) in [7, 11) is 0. The summed E-state index contributed by atoms with van der Waals surface area (Å²) in [5, 5.41) is 57.2. The SMILES string of the molecule is CCCCC/C=C\C/C=C\C/C=C\C/C=C\CCCCCCC(O)C(=O)NC(COC1OC(CO)C(O)C(O)C1OC(=O)CCCCCCCCCCCCCCCCC/C=C/CCCCCCCC)C(O)/C=C/CCCCCCCCCCC. The molecule has 0 spiro atoms. The number of esters is 1. The molecule has 11 nitrogen and oxygen atoms in total. The molecule has 1 fully saturated rings. The second-order valence-corrected chi connectivity index (χ2v) is 24.6. The minimum atomic E-state index is -1.62. The largest absolute Gasteiger partial charge is 0.454 e. The molecule has 0 saturated carbocycles. The highest BCUT2D eigenvalue weighted by molar-refractivity contribution is 5.80. The summed E-state index contributed by atoms with van der Waals surface area (Å²) in [5.41, 5.74) is 0. The molecule has 1 saturated heterocycles. The molecule has 0 radical (unpaired) electrons. The van der Waals surface area contributed by atoms with Crippen LogP contribution in [0, 0.1) is 0 Å². The second-order valence-electron chi connectivity index (χ2n) is 24.6. The summed E-state index contributed by atoms with van der Waals surface area (Å²) < 4.78 is 17.7. The first kappa shape index (κ1) is 80.1. The molecule has 1 amide bonds. The highest BCUT2D eigenvalue weighted by atomic mass is 16.7. The molecule has 0 aromatic heterocycles. The van der Waals surface area contributed by atoms with Crippen LogP contribution in [-0.2, 0) is 23.8 Å². The fraction of sp³-hybridized carbons (Fsp3) is 0.811. The number of unbranched alkanes of at least 4 members (excludes halogenated alkanes) is 37. The molecule has 0 aromatic rings. The molecule has 8 atom stereocenters. The Balaban J connectivity index is 2.56. The molecule has 0 bridgehead atoms. The van der Waals surface area contributed by atoms with E-state index < -0.39 is 67.4 Å². The van der Waals surface area contributed by atoms with Crippen LogP contribution >= 0.6 is 0 Å². The van der Waals surface area contributed by atoms with Crippen LogP contribution in [0.5, 0.6) is 0 Å². The number of nitrogens with one attached hydrogen (secondary N) is 1. The van der Waals surface area contributed by atoms with E-state index in [1.807, 2.05) is 6.08 Å². The van der Waals surface area contributed by atoms with Gasteiger partial charge >= 0.3 is 5.97 Å². The van der Waals surface area contributed by atoms with Gasteiger partial charge in [0.05, 0.1) is 25.4 Å². The fourth-order valence-electron chi connectivity index (χ4n) is 10.9. The number of carbonyl (C=O) groups is 2. The zero-order valence-corrected chi connectivity index (χ0v) is 55.0. The third kappa shape index (κ3) is 48.7. The quantitative estimate of drug-likeness (QED) is 0.0195. The average molecular weight is 1200 g/mol. The number of hydrogen-bond acceptors (Lipinski definition) is 10. The predicted molar refractivity (Wildman–Crippen MR) is 356 cm³/mol. The van der Waals surface area contributed by atoms with Gasteiger partial charge in [0.2, 0.25) is 5.91 Å². The van der Waals surface area contributed by atoms with E-state index in [2.05, 4.69) is 86.8 Å². The number of amides is 1. The number of aliphatic hydroxyl groups is 5. The summed E-state index contributed by atoms with van der Waals surface area (Å²) >= 11 is 0. The maximum Gasteiger partial charge on any atom is 0.306 e. The van der Waals surface area contributed by atoms with E-state index in [0.29, 0.717) is 12.8 Å². The van der Waals surface area contributed by atoms with Crippen molar-refractivity contribution in [3.05, 3.63) is 72.9 Å². The summed E-state index contributed by atoms with van der Waals surface area (Å²) in [4.78, 5) is 26.7. The third-order valence-electron chi connectivity index (χ3n) is 16.6. The van der Waals surface area contributed by atoms with E-state index in [0.717, 1.165) is 83.5 Å². The van der Waals surface area contributed by atoms with Crippen LogP contribution in [0.2, 0.25) is 0 Å². The van der Waals surface area contributed by atoms with Crippen LogP contribution in [0.3, 0.4) is 0 Å². The van der Waals surface area contributed by atoms with Crippen molar-refractivity contribution in [3.63, 3.8) is 0 Å². The zero-order valence-electron chi connectivity index (χ0n) is 55.0. The standard InChI is InChI=1S/C74H133NO10/c1-4-7-10-13-16-19-22-24-26-28-30-32-33-34-35-36-38-40-42-44-47-50-53-56-59-62-69(79)85-72-71(81)70(80)68(63-76)84-74(72)83-64-65(66(77)60-57-54-51-48-45-21-18-15-12-9-6-3)75-73(82)67(78)61-58-55-52-49-46-43-41-39-37-31-29-27-25-23-20-17-14-11-8-5-2/h17,20,24-27,31,37,41,43,57,60,65-68,70-72,74,76-78,80-81H,4-16,18-19,21-23,28-30,32-36,38-40,42,44-56,58-59,61-64H2,1-3H3,(H,75,82)/b20-17-,26-24+,27-25-,37-31-,43-41-,60-57+. The summed E-state index contributed by atoms with van der Waals surface area (Å²) in [5.74, 6) is -1.21. The zero-order chi connectivity index (χ0) is 61.7. The van der Waals surface area contributed by atoms with E-state index in [1.165, 1.54) is 193 Å². The number of carbonyl (C=O) groups excluding carboxylic acids is 2. The minimum Gasteiger partial charge on any atom is -0.454 e. The van der Waals surface area contributed by atoms with Gasteiger partial charge in [-0.15, -0.1) is 0 Å². The number of rotatable bonds is 61. The van der Waals surface area contributed by atoms with Crippen LogP contribution in [0.25, 0.3) is 0 Å². The van der Waals surface area contributed by atoms with Crippen LogP contribution in [0.4, 0.5) is 0 Å². The van der Waals surface area contributed by atoms with Crippen molar-refractivity contribution in [1.29, 1.82) is 0 Å². The van der Waals surface area contributed by atoms with E-state index in [9.17, 15) is 35.1 Å². The van der Waals surface area contributed by atoms with Crippen LogP contribution in [-0.4, -0.2) is 99.6 Å². The summed E-state index contributed by atoms with van der Waals surface area (Å²) in [6.45, 7) is 5.77. The van der Waals surface area contributed by atoms with Gasteiger partial charge < -0.3 is 45.1 Å². The normalized spacial score (nSPS) is 18.8. The van der Waals surface area contributed by atoms with E-state index in [4.69, 9.17) is 14.2 Å². The highest BCUT2D eigenvalue weighted by Gasteiger charge is 2.47.